The molecule has 36 valence electrons. The lowest BCUT2D eigenvalue weighted by Crippen LogP contribution is -1.85. The number of halogens is 2. The second kappa shape index (κ2) is 1.11. The number of alkyl halides is 2. The average Bonchev–Trinajstić information content (AvgIpc) is 1.73. The first kappa shape index (κ1) is 4.88. The molecule has 0 saturated carbocycles. The van der Waals surface area contributed by atoms with Gasteiger partial charge in [0.25, 0.3) is 0 Å². The zero-order chi connectivity index (χ0) is 4.78. The van der Waals surface area contributed by atoms with Crippen LogP contribution in [0.25, 0.3) is 0 Å². The Morgan fingerprint density at radius 1 is 2.00 bits per heavy atom. The summed E-state index contributed by atoms with van der Waals surface area (Å²) in [5, 5.41) is 0. The summed E-state index contributed by atoms with van der Waals surface area (Å²) in [6.07, 6.45) is 0.180. The summed E-state index contributed by atoms with van der Waals surface area (Å²) in [6.45, 7) is 1.90. The highest BCUT2D eigenvalue weighted by Crippen LogP contribution is 2.45. The van der Waals surface area contributed by atoms with Crippen molar-refractivity contribution in [2.24, 2.45) is 0 Å². The number of epoxide rings is 1. The summed E-state index contributed by atoms with van der Waals surface area (Å²) in [6, 6.07) is 0. The van der Waals surface area contributed by atoms with E-state index in [2.05, 4.69) is 15.9 Å². The minimum absolute atomic E-state index is 0.180. The van der Waals surface area contributed by atoms with E-state index >= 15 is 0 Å². The molecule has 0 spiro atoms. The van der Waals surface area contributed by atoms with E-state index in [0.29, 0.717) is 0 Å². The Labute approximate surface area is 49.7 Å². The van der Waals surface area contributed by atoms with Gasteiger partial charge < -0.3 is 4.74 Å². The molecule has 2 atom stereocenters. The minimum Gasteiger partial charge on any atom is -0.340 e. The van der Waals surface area contributed by atoms with Gasteiger partial charge in [0.15, 0.2) is 0 Å². The molecule has 0 aromatic carbocycles. The lowest BCUT2D eigenvalue weighted by Gasteiger charge is -1.78. The van der Waals surface area contributed by atoms with Gasteiger partial charge in [-0.15, -0.1) is 0 Å². The zero-order valence-electron chi connectivity index (χ0n) is 3.24. The predicted octanol–water partition coefficient (Wildman–Crippen LogP) is 1.69. The van der Waals surface area contributed by atoms with Crippen LogP contribution in [0.1, 0.15) is 6.92 Å². The molecule has 0 N–H and O–H groups in total. The molecule has 0 radical (unpaired) electrons. The van der Waals surface area contributed by atoms with Crippen LogP contribution in [0.5, 0.6) is 0 Å². The smallest absolute Gasteiger partial charge is 0.224 e. The number of hydrogen-bond acceptors (Lipinski definition) is 1. The summed E-state index contributed by atoms with van der Waals surface area (Å²) >= 11 is 8.58. The Bertz CT molecular complexity index is 73.2. The Morgan fingerprint density at radius 3 is 2.17 bits per heavy atom. The molecule has 1 aliphatic heterocycles. The predicted molar refractivity (Wildman–Crippen MR) is 28.1 cm³/mol. The molecule has 0 bridgehead atoms. The first-order chi connectivity index (χ1) is 2.63. The molecule has 1 heterocycles. The molecule has 3 heteroatoms. The fraction of sp³-hybridized carbons (Fsp3) is 1.00. The van der Waals surface area contributed by atoms with Crippen LogP contribution in [0.4, 0.5) is 0 Å². The lowest BCUT2D eigenvalue weighted by molar-refractivity contribution is 0.403. The largest absolute Gasteiger partial charge is 0.340 e. The second-order valence-electron chi connectivity index (χ2n) is 1.32. The maximum Gasteiger partial charge on any atom is 0.224 e. The minimum atomic E-state index is -0.507. The lowest BCUT2D eigenvalue weighted by atomic mass is 10.6. The summed E-state index contributed by atoms with van der Waals surface area (Å²) in [5.74, 6) is 0. The van der Waals surface area contributed by atoms with Crippen molar-refractivity contribution < 1.29 is 4.74 Å². The zero-order valence-corrected chi connectivity index (χ0v) is 5.58. The standard InChI is InChI=1S/C3H4BrClO/c1-2-3(4,5)6-2/h2H,1H3. The third-order valence-electron chi connectivity index (χ3n) is 0.750. The molecule has 1 saturated heterocycles. The number of rotatable bonds is 0. The summed E-state index contributed by atoms with van der Waals surface area (Å²) < 4.78 is 4.28. The number of hydrogen-bond donors (Lipinski definition) is 0. The maximum absolute atomic E-state index is 5.49. The van der Waals surface area contributed by atoms with E-state index in [1.165, 1.54) is 0 Å². The van der Waals surface area contributed by atoms with Crippen LogP contribution in [0.15, 0.2) is 0 Å². The first-order valence-electron chi connectivity index (χ1n) is 1.68. The van der Waals surface area contributed by atoms with E-state index < -0.39 is 3.97 Å². The highest BCUT2D eigenvalue weighted by Gasteiger charge is 2.49. The van der Waals surface area contributed by atoms with Crippen LogP contribution in [-0.4, -0.2) is 10.1 Å². The summed E-state index contributed by atoms with van der Waals surface area (Å²) in [5.41, 5.74) is 0. The van der Waals surface area contributed by atoms with Crippen molar-refractivity contribution in [2.75, 3.05) is 0 Å². The van der Waals surface area contributed by atoms with Crippen LogP contribution in [-0.2, 0) is 4.74 Å². The fourth-order valence-corrected chi connectivity index (χ4v) is 0.616. The van der Waals surface area contributed by atoms with E-state index in [1.54, 1.807) is 0 Å². The topological polar surface area (TPSA) is 12.5 Å². The van der Waals surface area contributed by atoms with Crippen molar-refractivity contribution in [3.05, 3.63) is 0 Å². The molecule has 0 aromatic rings. The van der Waals surface area contributed by atoms with Gasteiger partial charge in [0.05, 0.1) is 0 Å². The maximum atomic E-state index is 5.49. The first-order valence-corrected chi connectivity index (χ1v) is 2.85. The van der Waals surface area contributed by atoms with E-state index in [9.17, 15) is 0 Å². The van der Waals surface area contributed by atoms with Crippen molar-refractivity contribution in [3.8, 4) is 0 Å². The fourth-order valence-electron chi connectivity index (χ4n) is 0.202. The van der Waals surface area contributed by atoms with E-state index in [4.69, 9.17) is 16.3 Å². The summed E-state index contributed by atoms with van der Waals surface area (Å²) in [7, 11) is 0. The Kier molecular flexibility index (Phi) is 0.905. The molecule has 6 heavy (non-hydrogen) atoms. The normalized spacial score (nSPS) is 55.5. The van der Waals surface area contributed by atoms with Gasteiger partial charge in [-0.2, -0.15) is 0 Å². The van der Waals surface area contributed by atoms with Crippen LogP contribution < -0.4 is 0 Å². The van der Waals surface area contributed by atoms with Gasteiger partial charge in [0.1, 0.15) is 6.10 Å². The third-order valence-corrected chi connectivity index (χ3v) is 1.98. The summed E-state index contributed by atoms with van der Waals surface area (Å²) in [4.78, 5) is 0. The molecule has 1 aliphatic rings. The van der Waals surface area contributed by atoms with E-state index in [0.717, 1.165) is 0 Å². The van der Waals surface area contributed by atoms with Crippen molar-refractivity contribution in [1.82, 2.24) is 0 Å². The van der Waals surface area contributed by atoms with Crippen molar-refractivity contribution in [3.63, 3.8) is 0 Å². The van der Waals surface area contributed by atoms with Crippen LogP contribution in [0.2, 0.25) is 0 Å². The molecule has 1 rings (SSSR count). The van der Waals surface area contributed by atoms with Gasteiger partial charge in [0.2, 0.25) is 3.97 Å². The quantitative estimate of drug-likeness (QED) is 0.399. The SMILES string of the molecule is CC1OC1(Cl)Br. The van der Waals surface area contributed by atoms with Crippen molar-refractivity contribution >= 4 is 27.5 Å². The molecule has 1 nitrogen and oxygen atoms in total. The van der Waals surface area contributed by atoms with Gasteiger partial charge in [-0.05, 0) is 22.9 Å². The Balaban J connectivity index is 2.41. The van der Waals surface area contributed by atoms with Gasteiger partial charge in [0, 0.05) is 0 Å². The second-order valence-corrected chi connectivity index (χ2v) is 3.52. The van der Waals surface area contributed by atoms with Crippen LogP contribution >= 0.6 is 27.5 Å². The van der Waals surface area contributed by atoms with Gasteiger partial charge >= 0.3 is 0 Å². The molecule has 0 aliphatic carbocycles. The third kappa shape index (κ3) is 0.695. The number of ether oxygens (including phenoxy) is 1. The van der Waals surface area contributed by atoms with Crippen LogP contribution in [0, 0.1) is 0 Å². The van der Waals surface area contributed by atoms with Gasteiger partial charge in [-0.25, -0.2) is 0 Å². The Hall–Kier alpha value is 0.730. The van der Waals surface area contributed by atoms with E-state index in [1.807, 2.05) is 6.92 Å². The Morgan fingerprint density at radius 2 is 2.17 bits per heavy atom. The monoisotopic (exact) mass is 170 g/mol. The molecular weight excluding hydrogens is 167 g/mol. The molecule has 1 fully saturated rings. The van der Waals surface area contributed by atoms with Gasteiger partial charge in [-0.1, -0.05) is 11.6 Å². The molecule has 2 unspecified atom stereocenters. The van der Waals surface area contributed by atoms with Crippen molar-refractivity contribution in [2.45, 2.75) is 17.0 Å². The average molecular weight is 171 g/mol. The van der Waals surface area contributed by atoms with E-state index in [-0.39, 0.29) is 6.10 Å². The molecular formula is C3H4BrClO. The molecule has 0 amide bonds. The highest BCUT2D eigenvalue weighted by molar-refractivity contribution is 9.10. The van der Waals surface area contributed by atoms with Crippen molar-refractivity contribution in [1.29, 1.82) is 0 Å². The molecule has 0 aromatic heterocycles. The van der Waals surface area contributed by atoms with Gasteiger partial charge in [-0.3, -0.25) is 0 Å². The van der Waals surface area contributed by atoms with Crippen LogP contribution in [0.3, 0.4) is 0 Å². The highest BCUT2D eigenvalue weighted by atomic mass is 79.9.